The SMILES string of the molecule is COC(=O)Cc1ccc(OCc2ccc3nc(-c4ccccc4)c(Cl)nc3c2)cc1. The molecule has 0 spiro atoms. The molecule has 4 aromatic rings. The van der Waals surface area contributed by atoms with Gasteiger partial charge in [-0.25, -0.2) is 9.97 Å². The van der Waals surface area contributed by atoms with E-state index in [0.717, 1.165) is 22.2 Å². The number of nitrogens with zero attached hydrogens (tertiary/aromatic N) is 2. The van der Waals surface area contributed by atoms with E-state index in [1.807, 2.05) is 72.8 Å². The van der Waals surface area contributed by atoms with Crippen molar-refractivity contribution < 1.29 is 14.3 Å². The van der Waals surface area contributed by atoms with Crippen molar-refractivity contribution in [1.82, 2.24) is 9.97 Å². The number of carbonyl (C=O) groups excluding carboxylic acids is 1. The summed E-state index contributed by atoms with van der Waals surface area (Å²) < 4.78 is 10.5. The predicted molar refractivity (Wildman–Crippen MR) is 116 cm³/mol. The summed E-state index contributed by atoms with van der Waals surface area (Å²) in [5.74, 6) is 0.447. The predicted octanol–water partition coefficient (Wildman–Crippen LogP) is 5.24. The number of halogens is 1. The van der Waals surface area contributed by atoms with Crippen LogP contribution in [0.25, 0.3) is 22.3 Å². The standard InChI is InChI=1S/C24H19ClN2O3/c1-29-22(28)14-16-7-10-19(11-8-16)30-15-17-9-12-20-21(13-17)27-24(25)23(26-20)18-5-3-2-4-6-18/h2-13H,14-15H2,1H3. The Morgan fingerprint density at radius 2 is 1.63 bits per heavy atom. The summed E-state index contributed by atoms with van der Waals surface area (Å²) in [4.78, 5) is 20.5. The fourth-order valence-electron chi connectivity index (χ4n) is 3.06. The van der Waals surface area contributed by atoms with Crippen LogP contribution in [-0.4, -0.2) is 23.0 Å². The minimum absolute atomic E-state index is 0.242. The number of benzene rings is 3. The highest BCUT2D eigenvalue weighted by Crippen LogP contribution is 2.27. The second kappa shape index (κ2) is 8.93. The van der Waals surface area contributed by atoms with Crippen LogP contribution in [0, 0.1) is 0 Å². The first-order valence-electron chi connectivity index (χ1n) is 9.42. The van der Waals surface area contributed by atoms with Gasteiger partial charge in [-0.1, -0.05) is 60.1 Å². The summed E-state index contributed by atoms with van der Waals surface area (Å²) in [5.41, 5.74) is 4.92. The third-order valence-corrected chi connectivity index (χ3v) is 4.90. The third kappa shape index (κ3) is 4.58. The van der Waals surface area contributed by atoms with Gasteiger partial charge in [0.05, 0.1) is 24.6 Å². The number of aromatic nitrogens is 2. The summed E-state index contributed by atoms with van der Waals surface area (Å²) in [7, 11) is 1.38. The lowest BCUT2D eigenvalue weighted by molar-refractivity contribution is -0.139. The summed E-state index contributed by atoms with van der Waals surface area (Å²) in [6, 6.07) is 22.9. The summed E-state index contributed by atoms with van der Waals surface area (Å²) in [6.07, 6.45) is 0.242. The molecule has 5 nitrogen and oxygen atoms in total. The molecule has 0 saturated carbocycles. The zero-order valence-corrected chi connectivity index (χ0v) is 17.1. The Bertz CT molecular complexity index is 1180. The number of carbonyl (C=O) groups is 1. The van der Waals surface area contributed by atoms with Crippen molar-refractivity contribution in [1.29, 1.82) is 0 Å². The van der Waals surface area contributed by atoms with Gasteiger partial charge in [-0.3, -0.25) is 4.79 Å². The van der Waals surface area contributed by atoms with Gasteiger partial charge in [0.1, 0.15) is 18.1 Å². The highest BCUT2D eigenvalue weighted by Gasteiger charge is 2.10. The molecule has 0 aliphatic carbocycles. The molecule has 0 aliphatic rings. The molecule has 0 saturated heterocycles. The topological polar surface area (TPSA) is 61.3 Å². The summed E-state index contributed by atoms with van der Waals surface area (Å²) in [5, 5.41) is 0.368. The number of esters is 1. The molecule has 0 unspecified atom stereocenters. The summed E-state index contributed by atoms with van der Waals surface area (Å²) in [6.45, 7) is 0.381. The van der Waals surface area contributed by atoms with Crippen molar-refractivity contribution in [3.63, 3.8) is 0 Å². The second-order valence-corrected chi connectivity index (χ2v) is 7.10. The van der Waals surface area contributed by atoms with Gasteiger partial charge in [-0.15, -0.1) is 0 Å². The van der Waals surface area contributed by atoms with Crippen LogP contribution in [0.3, 0.4) is 0 Å². The molecule has 6 heteroatoms. The Balaban J connectivity index is 1.48. The van der Waals surface area contributed by atoms with Crippen molar-refractivity contribution in [3.8, 4) is 17.0 Å². The Labute approximate surface area is 179 Å². The number of hydrogen-bond donors (Lipinski definition) is 0. The fourth-order valence-corrected chi connectivity index (χ4v) is 3.30. The zero-order valence-electron chi connectivity index (χ0n) is 16.3. The minimum atomic E-state index is -0.268. The maximum atomic E-state index is 11.3. The maximum absolute atomic E-state index is 11.3. The Morgan fingerprint density at radius 3 is 2.37 bits per heavy atom. The van der Waals surface area contributed by atoms with E-state index in [1.165, 1.54) is 7.11 Å². The van der Waals surface area contributed by atoms with Crippen LogP contribution in [0.15, 0.2) is 72.8 Å². The number of ether oxygens (including phenoxy) is 2. The molecular weight excluding hydrogens is 400 g/mol. The maximum Gasteiger partial charge on any atom is 0.309 e. The minimum Gasteiger partial charge on any atom is -0.489 e. The molecule has 3 aromatic carbocycles. The second-order valence-electron chi connectivity index (χ2n) is 6.74. The molecule has 150 valence electrons. The van der Waals surface area contributed by atoms with Crippen LogP contribution in [0.1, 0.15) is 11.1 Å². The first-order valence-corrected chi connectivity index (χ1v) is 9.80. The molecule has 0 amide bonds. The Morgan fingerprint density at radius 1 is 0.900 bits per heavy atom. The van der Waals surface area contributed by atoms with Crippen molar-refractivity contribution in [3.05, 3.63) is 89.1 Å². The molecule has 0 aliphatic heterocycles. The first-order chi connectivity index (χ1) is 14.6. The number of hydrogen-bond acceptors (Lipinski definition) is 5. The molecule has 0 bridgehead atoms. The molecule has 0 atom stereocenters. The van der Waals surface area contributed by atoms with Gasteiger partial charge in [0, 0.05) is 5.56 Å². The Kier molecular flexibility index (Phi) is 5.91. The molecule has 4 rings (SSSR count). The zero-order chi connectivity index (χ0) is 20.9. The van der Waals surface area contributed by atoms with E-state index in [4.69, 9.17) is 16.3 Å². The van der Waals surface area contributed by atoms with Crippen molar-refractivity contribution >= 4 is 28.6 Å². The van der Waals surface area contributed by atoms with Crippen LogP contribution >= 0.6 is 11.6 Å². The largest absolute Gasteiger partial charge is 0.489 e. The van der Waals surface area contributed by atoms with Gasteiger partial charge in [0.25, 0.3) is 0 Å². The van der Waals surface area contributed by atoms with E-state index in [9.17, 15) is 4.79 Å². The van der Waals surface area contributed by atoms with Crippen LogP contribution in [-0.2, 0) is 22.6 Å². The van der Waals surface area contributed by atoms with E-state index in [2.05, 4.69) is 14.7 Å². The van der Waals surface area contributed by atoms with Gasteiger partial charge >= 0.3 is 5.97 Å². The highest BCUT2D eigenvalue weighted by atomic mass is 35.5. The van der Waals surface area contributed by atoms with Crippen molar-refractivity contribution in [2.75, 3.05) is 7.11 Å². The molecule has 1 heterocycles. The average Bonchev–Trinajstić information content (AvgIpc) is 2.78. The lowest BCUT2D eigenvalue weighted by Gasteiger charge is -2.09. The Hall–Kier alpha value is -3.44. The van der Waals surface area contributed by atoms with E-state index in [1.54, 1.807) is 0 Å². The summed E-state index contributed by atoms with van der Waals surface area (Å²) >= 11 is 6.39. The lowest BCUT2D eigenvalue weighted by atomic mass is 10.1. The van der Waals surface area contributed by atoms with Crippen molar-refractivity contribution in [2.45, 2.75) is 13.0 Å². The smallest absolute Gasteiger partial charge is 0.309 e. The van der Waals surface area contributed by atoms with Crippen molar-refractivity contribution in [2.24, 2.45) is 0 Å². The van der Waals surface area contributed by atoms with E-state index in [0.29, 0.717) is 28.7 Å². The number of methoxy groups -OCH3 is 1. The van der Waals surface area contributed by atoms with Gasteiger partial charge in [0.2, 0.25) is 0 Å². The molecular formula is C24H19ClN2O3. The lowest BCUT2D eigenvalue weighted by Crippen LogP contribution is -2.04. The van der Waals surface area contributed by atoms with Crippen LogP contribution in [0.2, 0.25) is 5.15 Å². The van der Waals surface area contributed by atoms with Crippen LogP contribution in [0.4, 0.5) is 0 Å². The van der Waals surface area contributed by atoms with Gasteiger partial charge < -0.3 is 9.47 Å². The van der Waals surface area contributed by atoms with E-state index in [-0.39, 0.29) is 12.4 Å². The molecule has 0 N–H and O–H groups in total. The molecule has 30 heavy (non-hydrogen) atoms. The normalized spacial score (nSPS) is 10.7. The molecule has 0 fully saturated rings. The van der Waals surface area contributed by atoms with Gasteiger partial charge in [-0.05, 0) is 35.4 Å². The monoisotopic (exact) mass is 418 g/mol. The highest BCUT2D eigenvalue weighted by molar-refractivity contribution is 6.32. The van der Waals surface area contributed by atoms with Crippen LogP contribution in [0.5, 0.6) is 5.75 Å². The quantitative estimate of drug-likeness (QED) is 0.400. The first kappa shape index (κ1) is 19.9. The van der Waals surface area contributed by atoms with E-state index < -0.39 is 0 Å². The van der Waals surface area contributed by atoms with E-state index >= 15 is 0 Å². The molecule has 0 radical (unpaired) electrons. The fraction of sp³-hybridized carbons (Fsp3) is 0.125. The van der Waals surface area contributed by atoms with Gasteiger partial charge in [-0.2, -0.15) is 0 Å². The average molecular weight is 419 g/mol. The van der Waals surface area contributed by atoms with Gasteiger partial charge in [0.15, 0.2) is 5.15 Å². The number of fused-ring (bicyclic) bond motifs is 1. The number of rotatable bonds is 6. The molecule has 1 aromatic heterocycles. The van der Waals surface area contributed by atoms with Crippen LogP contribution < -0.4 is 4.74 Å². The third-order valence-electron chi connectivity index (χ3n) is 4.64.